The molecule has 0 aromatic heterocycles. The van der Waals surface area contributed by atoms with Gasteiger partial charge < -0.3 is 15.5 Å². The maximum atomic E-state index is 11.9. The molecule has 0 saturated carbocycles. The lowest BCUT2D eigenvalue weighted by molar-refractivity contribution is -0.140. The molecular weight excluding hydrogens is 230 g/mol. The zero-order valence-electron chi connectivity index (χ0n) is 11.8. The minimum atomic E-state index is -0.464. The monoisotopic (exact) mass is 255 g/mol. The number of nitrogens with zero attached hydrogens (tertiary/aromatic N) is 2. The Balaban J connectivity index is 2.73. The maximum Gasteiger partial charge on any atom is 0.239 e. The highest BCUT2D eigenvalue weighted by atomic mass is 16.2. The van der Waals surface area contributed by atoms with E-state index in [1.165, 1.54) is 0 Å². The van der Waals surface area contributed by atoms with E-state index in [0.717, 1.165) is 19.4 Å². The molecule has 5 nitrogen and oxygen atoms in total. The Morgan fingerprint density at radius 3 is 2.39 bits per heavy atom. The second kappa shape index (κ2) is 6.18. The fourth-order valence-corrected chi connectivity index (χ4v) is 2.71. The average molecular weight is 255 g/mol. The quantitative estimate of drug-likeness (QED) is 0.802. The molecule has 5 heteroatoms. The van der Waals surface area contributed by atoms with Gasteiger partial charge in [-0.1, -0.05) is 0 Å². The highest BCUT2D eigenvalue weighted by Crippen LogP contribution is 2.19. The van der Waals surface area contributed by atoms with Gasteiger partial charge in [-0.25, -0.2) is 0 Å². The Morgan fingerprint density at radius 2 is 1.94 bits per heavy atom. The predicted octanol–water partition coefficient (Wildman–Crippen LogP) is 0.582. The van der Waals surface area contributed by atoms with E-state index in [2.05, 4.69) is 0 Å². The lowest BCUT2D eigenvalue weighted by atomic mass is 10.0. The second-order valence-electron chi connectivity index (χ2n) is 5.39. The Labute approximate surface area is 109 Å². The van der Waals surface area contributed by atoms with Crippen molar-refractivity contribution < 1.29 is 9.59 Å². The predicted molar refractivity (Wildman–Crippen MR) is 70.9 cm³/mol. The van der Waals surface area contributed by atoms with Gasteiger partial charge in [-0.15, -0.1) is 0 Å². The Hall–Kier alpha value is -1.10. The number of likely N-dealkylation sites (tertiary alicyclic amines) is 1. The van der Waals surface area contributed by atoms with Crippen molar-refractivity contribution in [2.24, 2.45) is 5.73 Å². The lowest BCUT2D eigenvalue weighted by Crippen LogP contribution is -2.55. The summed E-state index contributed by atoms with van der Waals surface area (Å²) in [4.78, 5) is 27.3. The molecule has 0 bridgehead atoms. The third-order valence-electron chi connectivity index (χ3n) is 3.41. The van der Waals surface area contributed by atoms with E-state index in [4.69, 9.17) is 5.73 Å². The fraction of sp³-hybridized carbons (Fsp3) is 0.846. The van der Waals surface area contributed by atoms with Crippen LogP contribution in [0.2, 0.25) is 0 Å². The zero-order valence-corrected chi connectivity index (χ0v) is 11.8. The number of hydrogen-bond acceptors (Lipinski definition) is 3. The Kier molecular flexibility index (Phi) is 5.14. The normalized spacial score (nSPS) is 21.9. The van der Waals surface area contributed by atoms with Gasteiger partial charge in [-0.3, -0.25) is 9.59 Å². The van der Waals surface area contributed by atoms with E-state index in [9.17, 15) is 9.59 Å². The Bertz CT molecular complexity index is 315. The van der Waals surface area contributed by atoms with Gasteiger partial charge in [0.05, 0.1) is 6.04 Å². The number of carbonyl (C=O) groups excluding carboxylic acids is 2. The van der Waals surface area contributed by atoms with E-state index in [1.54, 1.807) is 18.7 Å². The van der Waals surface area contributed by atoms with Crippen LogP contribution in [-0.4, -0.2) is 52.8 Å². The topological polar surface area (TPSA) is 66.6 Å². The van der Waals surface area contributed by atoms with Gasteiger partial charge in [-0.2, -0.15) is 0 Å². The summed E-state index contributed by atoms with van der Waals surface area (Å²) in [6, 6.07) is -0.176. The van der Waals surface area contributed by atoms with Crippen LogP contribution < -0.4 is 5.73 Å². The first kappa shape index (κ1) is 15.0. The third-order valence-corrected chi connectivity index (χ3v) is 3.41. The molecule has 18 heavy (non-hydrogen) atoms. The van der Waals surface area contributed by atoms with Gasteiger partial charge in [0.1, 0.15) is 0 Å². The molecule has 1 heterocycles. The molecule has 0 radical (unpaired) electrons. The molecule has 2 N–H and O–H groups in total. The number of piperidine rings is 1. The van der Waals surface area contributed by atoms with Crippen molar-refractivity contribution in [3.63, 3.8) is 0 Å². The minimum absolute atomic E-state index is 0.0213. The summed E-state index contributed by atoms with van der Waals surface area (Å²) < 4.78 is 0. The van der Waals surface area contributed by atoms with Crippen molar-refractivity contribution in [1.82, 2.24) is 9.80 Å². The zero-order chi connectivity index (χ0) is 13.9. The fourth-order valence-electron chi connectivity index (χ4n) is 2.71. The van der Waals surface area contributed by atoms with Gasteiger partial charge >= 0.3 is 0 Å². The highest BCUT2D eigenvalue weighted by Gasteiger charge is 2.31. The molecule has 1 aliphatic heterocycles. The molecule has 2 amide bonds. The van der Waals surface area contributed by atoms with E-state index < -0.39 is 6.04 Å². The van der Waals surface area contributed by atoms with E-state index in [0.29, 0.717) is 6.54 Å². The van der Waals surface area contributed by atoms with E-state index in [1.807, 2.05) is 18.7 Å². The third kappa shape index (κ3) is 3.45. The van der Waals surface area contributed by atoms with Crippen LogP contribution >= 0.6 is 0 Å². The first-order valence-electron chi connectivity index (χ1n) is 6.67. The summed E-state index contributed by atoms with van der Waals surface area (Å²) in [5, 5.41) is 0. The SMILES string of the molecule is CC(=O)N(C(C)C)[C@@H]1CCCN(C(=O)[C@H](C)N)C1. The average Bonchev–Trinajstić information content (AvgIpc) is 2.27. The lowest BCUT2D eigenvalue weighted by Gasteiger charge is -2.41. The molecule has 0 spiro atoms. The van der Waals surface area contributed by atoms with Crippen LogP contribution in [0.1, 0.15) is 40.5 Å². The number of nitrogens with two attached hydrogens (primary N) is 1. The Morgan fingerprint density at radius 1 is 1.33 bits per heavy atom. The van der Waals surface area contributed by atoms with Crippen LogP contribution in [0.25, 0.3) is 0 Å². The van der Waals surface area contributed by atoms with Crippen LogP contribution in [0.4, 0.5) is 0 Å². The van der Waals surface area contributed by atoms with Gasteiger partial charge in [-0.05, 0) is 33.6 Å². The molecule has 2 atom stereocenters. The van der Waals surface area contributed by atoms with Gasteiger partial charge in [0.15, 0.2) is 0 Å². The van der Waals surface area contributed by atoms with E-state index >= 15 is 0 Å². The molecule has 0 aromatic rings. The first-order chi connectivity index (χ1) is 8.34. The smallest absolute Gasteiger partial charge is 0.239 e. The molecule has 1 aliphatic rings. The van der Waals surface area contributed by atoms with Crippen molar-refractivity contribution in [2.45, 2.75) is 58.7 Å². The van der Waals surface area contributed by atoms with Crippen molar-refractivity contribution in [3.05, 3.63) is 0 Å². The van der Waals surface area contributed by atoms with Crippen LogP contribution in [0.5, 0.6) is 0 Å². The number of carbonyl (C=O) groups is 2. The summed E-state index contributed by atoms with van der Waals surface area (Å²) in [6.45, 7) is 8.67. The van der Waals surface area contributed by atoms with E-state index in [-0.39, 0.29) is 23.9 Å². The summed E-state index contributed by atoms with van der Waals surface area (Å²) in [5.74, 6) is 0.0528. The molecule has 0 aliphatic carbocycles. The van der Waals surface area contributed by atoms with Gasteiger partial charge in [0.25, 0.3) is 0 Å². The molecule has 1 fully saturated rings. The number of rotatable bonds is 3. The molecule has 0 unspecified atom stereocenters. The summed E-state index contributed by atoms with van der Waals surface area (Å²) >= 11 is 0. The van der Waals surface area contributed by atoms with Crippen molar-refractivity contribution in [1.29, 1.82) is 0 Å². The minimum Gasteiger partial charge on any atom is -0.339 e. The standard InChI is InChI=1S/C13H25N3O2/c1-9(2)16(11(4)17)12-6-5-7-15(8-12)13(18)10(3)14/h9-10,12H,5-8,14H2,1-4H3/t10-,12+/m0/s1. The summed E-state index contributed by atoms with van der Waals surface area (Å²) in [7, 11) is 0. The summed E-state index contributed by atoms with van der Waals surface area (Å²) in [6.07, 6.45) is 1.89. The molecule has 1 saturated heterocycles. The summed E-state index contributed by atoms with van der Waals surface area (Å²) in [5.41, 5.74) is 5.64. The van der Waals surface area contributed by atoms with Crippen molar-refractivity contribution >= 4 is 11.8 Å². The maximum absolute atomic E-state index is 11.9. The van der Waals surface area contributed by atoms with Crippen LogP contribution in [0.3, 0.4) is 0 Å². The molecule has 1 rings (SSSR count). The van der Waals surface area contributed by atoms with Crippen LogP contribution in [-0.2, 0) is 9.59 Å². The first-order valence-corrected chi connectivity index (χ1v) is 6.67. The number of hydrogen-bond donors (Lipinski definition) is 1. The van der Waals surface area contributed by atoms with Crippen molar-refractivity contribution in [2.75, 3.05) is 13.1 Å². The van der Waals surface area contributed by atoms with Crippen LogP contribution in [0, 0.1) is 0 Å². The molecule has 104 valence electrons. The van der Waals surface area contributed by atoms with Crippen molar-refractivity contribution in [3.8, 4) is 0 Å². The highest BCUT2D eigenvalue weighted by molar-refractivity contribution is 5.81. The number of amides is 2. The molecule has 0 aromatic carbocycles. The van der Waals surface area contributed by atoms with Crippen LogP contribution in [0.15, 0.2) is 0 Å². The van der Waals surface area contributed by atoms with Gasteiger partial charge in [0.2, 0.25) is 11.8 Å². The van der Waals surface area contributed by atoms with Gasteiger partial charge in [0, 0.05) is 32.1 Å². The largest absolute Gasteiger partial charge is 0.339 e. The molecular formula is C13H25N3O2. The second-order valence-corrected chi connectivity index (χ2v) is 5.39.